The number of hydrogen-bond donors (Lipinski definition) is 1. The summed E-state index contributed by atoms with van der Waals surface area (Å²) in [5.74, 6) is 0.601. The molecule has 1 heterocycles. The minimum absolute atomic E-state index is 0.120. The van der Waals surface area contributed by atoms with Gasteiger partial charge in [-0.05, 0) is 15.9 Å². The third kappa shape index (κ3) is 1.85. The van der Waals surface area contributed by atoms with Gasteiger partial charge in [-0.3, -0.25) is 0 Å². The van der Waals surface area contributed by atoms with Crippen LogP contribution in [0.3, 0.4) is 0 Å². The van der Waals surface area contributed by atoms with Crippen LogP contribution in [0.1, 0.15) is 5.56 Å². The molecule has 5 heteroatoms. The zero-order chi connectivity index (χ0) is 10.8. The average Bonchev–Trinajstić information content (AvgIpc) is 2.66. The molecule has 2 N–H and O–H groups in total. The Morgan fingerprint density at radius 3 is 3.07 bits per heavy atom. The third-order valence-corrected chi connectivity index (χ3v) is 2.59. The van der Waals surface area contributed by atoms with Crippen LogP contribution >= 0.6 is 15.9 Å². The monoisotopic (exact) mass is 273 g/mol. The van der Waals surface area contributed by atoms with E-state index >= 15 is 0 Å². The van der Waals surface area contributed by atoms with E-state index in [2.05, 4.69) is 15.9 Å². The minimum atomic E-state index is -0.371. The highest BCUT2D eigenvalue weighted by molar-refractivity contribution is 9.10. The summed E-state index contributed by atoms with van der Waals surface area (Å²) in [6, 6.07) is 1.55. The maximum Gasteiger partial charge on any atom is 0.231 e. The van der Waals surface area contributed by atoms with Gasteiger partial charge >= 0.3 is 0 Å². The molecule has 2 rings (SSSR count). The van der Waals surface area contributed by atoms with Crippen LogP contribution < -0.4 is 15.2 Å². The van der Waals surface area contributed by atoms with Crippen LogP contribution in [0.2, 0.25) is 0 Å². The van der Waals surface area contributed by atoms with E-state index in [1.165, 1.54) is 0 Å². The zero-order valence-electron chi connectivity index (χ0n) is 7.80. The summed E-state index contributed by atoms with van der Waals surface area (Å²) in [6.45, 7) is 0.469. The quantitative estimate of drug-likeness (QED) is 0.899. The van der Waals surface area contributed by atoms with E-state index < -0.39 is 0 Å². The summed E-state index contributed by atoms with van der Waals surface area (Å²) in [7, 11) is 0. The summed E-state index contributed by atoms with van der Waals surface area (Å²) >= 11 is 3.12. The van der Waals surface area contributed by atoms with Gasteiger partial charge in [-0.25, -0.2) is 4.39 Å². The van der Waals surface area contributed by atoms with Crippen LogP contribution in [0.4, 0.5) is 4.39 Å². The van der Waals surface area contributed by atoms with Crippen molar-refractivity contribution in [2.75, 3.05) is 13.3 Å². The second-order valence-corrected chi connectivity index (χ2v) is 3.81. The first-order chi connectivity index (χ1) is 7.24. The Labute approximate surface area is 94.8 Å². The molecule has 0 saturated heterocycles. The third-order valence-electron chi connectivity index (χ3n) is 2.01. The molecule has 1 aromatic rings. The van der Waals surface area contributed by atoms with Gasteiger partial charge in [0.25, 0.3) is 0 Å². The highest BCUT2D eigenvalue weighted by Gasteiger charge is 2.22. The molecule has 0 atom stereocenters. The van der Waals surface area contributed by atoms with E-state index in [4.69, 9.17) is 15.2 Å². The molecule has 0 aromatic heterocycles. The largest absolute Gasteiger partial charge is 0.454 e. The molecule has 0 amide bonds. The lowest BCUT2D eigenvalue weighted by molar-refractivity contribution is 0.173. The summed E-state index contributed by atoms with van der Waals surface area (Å²) in [6.07, 6.45) is 3.25. The first kappa shape index (κ1) is 10.4. The topological polar surface area (TPSA) is 44.5 Å². The molecule has 0 spiro atoms. The normalized spacial score (nSPS) is 13.8. The summed E-state index contributed by atoms with van der Waals surface area (Å²) in [5, 5.41) is 0. The predicted molar refractivity (Wildman–Crippen MR) is 58.3 cm³/mol. The number of halogens is 2. The zero-order valence-corrected chi connectivity index (χ0v) is 9.38. The van der Waals surface area contributed by atoms with Crippen molar-refractivity contribution in [3.63, 3.8) is 0 Å². The Hall–Kier alpha value is -1.07. The van der Waals surface area contributed by atoms with Gasteiger partial charge in [0.05, 0.1) is 10.0 Å². The fraction of sp³-hybridized carbons (Fsp3) is 0.200. The van der Waals surface area contributed by atoms with Crippen LogP contribution in [0.5, 0.6) is 11.5 Å². The number of ether oxygens (including phenoxy) is 2. The molecule has 1 aromatic carbocycles. The van der Waals surface area contributed by atoms with Gasteiger partial charge in [0.1, 0.15) is 5.82 Å². The molecule has 80 valence electrons. The van der Waals surface area contributed by atoms with Crippen molar-refractivity contribution in [3.05, 3.63) is 28.0 Å². The number of rotatable bonds is 2. The van der Waals surface area contributed by atoms with Gasteiger partial charge in [0.15, 0.2) is 11.5 Å². The molecule has 0 unspecified atom stereocenters. The van der Waals surface area contributed by atoms with E-state index in [0.29, 0.717) is 28.1 Å². The molecule has 15 heavy (non-hydrogen) atoms. The average molecular weight is 274 g/mol. The van der Waals surface area contributed by atoms with Crippen LogP contribution in [-0.4, -0.2) is 13.3 Å². The van der Waals surface area contributed by atoms with Gasteiger partial charge in [-0.2, -0.15) is 0 Å². The lowest BCUT2D eigenvalue weighted by atomic mass is 10.1. The smallest absolute Gasteiger partial charge is 0.231 e. The molecule has 0 radical (unpaired) electrons. The summed E-state index contributed by atoms with van der Waals surface area (Å²) in [5.41, 5.74) is 5.68. The fourth-order valence-corrected chi connectivity index (χ4v) is 1.77. The number of benzene rings is 1. The number of nitrogens with two attached hydrogens (primary N) is 1. The molecule has 0 bridgehead atoms. The van der Waals surface area contributed by atoms with Crippen molar-refractivity contribution in [2.45, 2.75) is 0 Å². The second kappa shape index (κ2) is 4.20. The second-order valence-electron chi connectivity index (χ2n) is 2.96. The van der Waals surface area contributed by atoms with Crippen molar-refractivity contribution in [1.29, 1.82) is 0 Å². The van der Waals surface area contributed by atoms with E-state index in [0.717, 1.165) is 0 Å². The van der Waals surface area contributed by atoms with Crippen LogP contribution in [0.25, 0.3) is 6.08 Å². The molecule has 0 saturated carbocycles. The lowest BCUT2D eigenvalue weighted by Crippen LogP contribution is -1.95. The Morgan fingerprint density at radius 2 is 2.33 bits per heavy atom. The molecule has 3 nitrogen and oxygen atoms in total. The van der Waals surface area contributed by atoms with Crippen molar-refractivity contribution in [2.24, 2.45) is 5.73 Å². The van der Waals surface area contributed by atoms with Gasteiger partial charge in [0.2, 0.25) is 6.79 Å². The molecule has 0 aliphatic carbocycles. The Morgan fingerprint density at radius 1 is 1.53 bits per heavy atom. The maximum atomic E-state index is 13.7. The van der Waals surface area contributed by atoms with E-state index in [-0.39, 0.29) is 12.6 Å². The van der Waals surface area contributed by atoms with Crippen LogP contribution in [-0.2, 0) is 0 Å². The van der Waals surface area contributed by atoms with Crippen LogP contribution in [0, 0.1) is 5.82 Å². The highest BCUT2D eigenvalue weighted by Crippen LogP contribution is 2.41. The first-order valence-corrected chi connectivity index (χ1v) is 5.17. The predicted octanol–water partition coefficient (Wildman–Crippen LogP) is 2.29. The van der Waals surface area contributed by atoms with Gasteiger partial charge < -0.3 is 15.2 Å². The number of hydrogen-bond acceptors (Lipinski definition) is 3. The van der Waals surface area contributed by atoms with Gasteiger partial charge in [-0.1, -0.05) is 12.2 Å². The van der Waals surface area contributed by atoms with E-state index in [9.17, 15) is 4.39 Å². The van der Waals surface area contributed by atoms with Crippen molar-refractivity contribution in [3.8, 4) is 11.5 Å². The fourth-order valence-electron chi connectivity index (χ4n) is 1.35. The van der Waals surface area contributed by atoms with Crippen molar-refractivity contribution in [1.82, 2.24) is 0 Å². The summed E-state index contributed by atoms with van der Waals surface area (Å²) in [4.78, 5) is 0. The maximum absolute atomic E-state index is 13.7. The molecule has 1 aliphatic heterocycles. The standard InChI is InChI=1S/C10H9BrFNO2/c11-7-4-8-10(15-5-14-8)6(9(7)12)2-1-3-13/h1-2,4H,3,5,13H2/b2-1+. The minimum Gasteiger partial charge on any atom is -0.454 e. The van der Waals surface area contributed by atoms with Crippen LogP contribution in [0.15, 0.2) is 16.6 Å². The number of fused-ring (bicyclic) bond motifs is 1. The summed E-state index contributed by atoms with van der Waals surface area (Å²) < 4.78 is 24.4. The molecule has 1 aliphatic rings. The van der Waals surface area contributed by atoms with E-state index in [1.807, 2.05) is 0 Å². The highest BCUT2D eigenvalue weighted by atomic mass is 79.9. The van der Waals surface area contributed by atoms with E-state index in [1.54, 1.807) is 18.2 Å². The van der Waals surface area contributed by atoms with Gasteiger partial charge in [-0.15, -0.1) is 0 Å². The first-order valence-electron chi connectivity index (χ1n) is 4.38. The lowest BCUT2D eigenvalue weighted by Gasteiger charge is -2.04. The molecular formula is C10H9BrFNO2. The molecular weight excluding hydrogens is 265 g/mol. The van der Waals surface area contributed by atoms with Crippen molar-refractivity contribution < 1.29 is 13.9 Å². The van der Waals surface area contributed by atoms with Crippen molar-refractivity contribution >= 4 is 22.0 Å². The SMILES string of the molecule is NC/C=C/c1c(F)c(Br)cc2c1OCO2. The Kier molecular flexibility index (Phi) is 2.93. The Balaban J connectivity index is 2.55. The molecule has 0 fully saturated rings. The van der Waals surface area contributed by atoms with Gasteiger partial charge in [0, 0.05) is 12.6 Å². The Bertz CT molecular complexity index is 420.